The molecule has 0 heterocycles. The molecule has 0 saturated carbocycles. The molecule has 0 amide bonds. The predicted molar refractivity (Wildman–Crippen MR) is 72.7 cm³/mol. The number of nitrogens with zero attached hydrogens (tertiary/aromatic N) is 1. The third kappa shape index (κ3) is 6.71. The number of alkyl halides is 3. The highest BCUT2D eigenvalue weighted by atomic mass is 19.4. The standard InChI is InChI=1S/C15H19F4NO/c1-11(2)20(10-15(17,18)19)9-3-4-14(21)12-5-7-13(16)8-6-12/h5-8,11H,3-4,9-10H2,1-2H3. The van der Waals surface area contributed by atoms with Gasteiger partial charge in [0.05, 0.1) is 6.54 Å². The molecular weight excluding hydrogens is 286 g/mol. The van der Waals surface area contributed by atoms with E-state index in [9.17, 15) is 22.4 Å². The van der Waals surface area contributed by atoms with Crippen molar-refractivity contribution < 1.29 is 22.4 Å². The van der Waals surface area contributed by atoms with Crippen molar-refractivity contribution >= 4 is 5.78 Å². The zero-order chi connectivity index (χ0) is 16.0. The van der Waals surface area contributed by atoms with Crippen molar-refractivity contribution in [2.45, 2.75) is 38.9 Å². The Morgan fingerprint density at radius 3 is 2.24 bits per heavy atom. The Balaban J connectivity index is 2.46. The van der Waals surface area contributed by atoms with Gasteiger partial charge in [0.1, 0.15) is 5.82 Å². The Kier molecular flexibility index (Phi) is 6.33. The second kappa shape index (κ2) is 7.54. The Hall–Kier alpha value is -1.43. The van der Waals surface area contributed by atoms with Crippen molar-refractivity contribution in [1.29, 1.82) is 0 Å². The number of hydrogen-bond acceptors (Lipinski definition) is 2. The van der Waals surface area contributed by atoms with Crippen LogP contribution in [-0.4, -0.2) is 36.0 Å². The highest BCUT2D eigenvalue weighted by Crippen LogP contribution is 2.18. The monoisotopic (exact) mass is 305 g/mol. The summed E-state index contributed by atoms with van der Waals surface area (Å²) in [4.78, 5) is 13.1. The second-order valence-corrected chi connectivity index (χ2v) is 5.21. The van der Waals surface area contributed by atoms with Gasteiger partial charge in [0.15, 0.2) is 5.78 Å². The lowest BCUT2D eigenvalue weighted by atomic mass is 10.1. The fourth-order valence-electron chi connectivity index (χ4n) is 1.97. The van der Waals surface area contributed by atoms with E-state index in [0.29, 0.717) is 12.0 Å². The Morgan fingerprint density at radius 1 is 1.19 bits per heavy atom. The molecule has 1 aromatic rings. The van der Waals surface area contributed by atoms with Crippen LogP contribution in [-0.2, 0) is 0 Å². The predicted octanol–water partition coefficient (Wildman–Crippen LogP) is 4.06. The summed E-state index contributed by atoms with van der Waals surface area (Å²) in [5.74, 6) is -0.617. The summed E-state index contributed by atoms with van der Waals surface area (Å²) >= 11 is 0. The summed E-state index contributed by atoms with van der Waals surface area (Å²) in [7, 11) is 0. The SMILES string of the molecule is CC(C)N(CCCC(=O)c1ccc(F)cc1)CC(F)(F)F. The van der Waals surface area contributed by atoms with Gasteiger partial charge >= 0.3 is 6.18 Å². The molecule has 0 aliphatic carbocycles. The van der Waals surface area contributed by atoms with E-state index in [1.54, 1.807) is 13.8 Å². The maximum atomic E-state index is 12.7. The first-order valence-corrected chi connectivity index (χ1v) is 6.78. The van der Waals surface area contributed by atoms with E-state index in [2.05, 4.69) is 0 Å². The molecular formula is C15H19F4NO. The van der Waals surface area contributed by atoms with Crippen LogP contribution in [0.5, 0.6) is 0 Å². The van der Waals surface area contributed by atoms with Crippen LogP contribution in [0.2, 0.25) is 0 Å². The zero-order valence-corrected chi connectivity index (χ0v) is 12.1. The van der Waals surface area contributed by atoms with Gasteiger partial charge in [-0.2, -0.15) is 13.2 Å². The van der Waals surface area contributed by atoms with Gasteiger partial charge in [0.2, 0.25) is 0 Å². The molecule has 21 heavy (non-hydrogen) atoms. The Morgan fingerprint density at radius 2 is 1.76 bits per heavy atom. The van der Waals surface area contributed by atoms with Crippen LogP contribution in [0.4, 0.5) is 17.6 Å². The van der Waals surface area contributed by atoms with Crippen LogP contribution >= 0.6 is 0 Å². The van der Waals surface area contributed by atoms with Crippen LogP contribution < -0.4 is 0 Å². The van der Waals surface area contributed by atoms with Crippen molar-refractivity contribution in [2.75, 3.05) is 13.1 Å². The van der Waals surface area contributed by atoms with Gasteiger partial charge in [0.25, 0.3) is 0 Å². The molecule has 1 rings (SSSR count). The molecule has 0 saturated heterocycles. The van der Waals surface area contributed by atoms with Crippen LogP contribution in [0, 0.1) is 5.82 Å². The first-order valence-electron chi connectivity index (χ1n) is 6.78. The Labute approximate surface area is 121 Å². The summed E-state index contributed by atoms with van der Waals surface area (Å²) < 4.78 is 50.0. The molecule has 0 atom stereocenters. The van der Waals surface area contributed by atoms with Crippen molar-refractivity contribution in [1.82, 2.24) is 4.90 Å². The number of ketones is 1. The van der Waals surface area contributed by atoms with Crippen LogP contribution in [0.3, 0.4) is 0 Å². The summed E-state index contributed by atoms with van der Waals surface area (Å²) in [5.41, 5.74) is 0.378. The molecule has 0 spiro atoms. The van der Waals surface area contributed by atoms with Crippen molar-refractivity contribution in [2.24, 2.45) is 0 Å². The lowest BCUT2D eigenvalue weighted by Gasteiger charge is -2.27. The van der Waals surface area contributed by atoms with Gasteiger partial charge in [-0.1, -0.05) is 0 Å². The van der Waals surface area contributed by atoms with E-state index in [0.717, 1.165) is 0 Å². The fourth-order valence-corrected chi connectivity index (χ4v) is 1.97. The molecule has 118 valence electrons. The van der Waals surface area contributed by atoms with E-state index in [4.69, 9.17) is 0 Å². The normalized spacial score (nSPS) is 12.2. The summed E-state index contributed by atoms with van der Waals surface area (Å²) in [6.07, 6.45) is -3.76. The number of Topliss-reactive ketones (excluding diaryl/α,β-unsaturated/α-hetero) is 1. The van der Waals surface area contributed by atoms with Gasteiger partial charge in [-0.25, -0.2) is 4.39 Å². The first-order chi connectivity index (χ1) is 9.69. The minimum absolute atomic E-state index is 0.146. The summed E-state index contributed by atoms with van der Waals surface area (Å²) in [5, 5.41) is 0. The van der Waals surface area contributed by atoms with Gasteiger partial charge in [-0.3, -0.25) is 9.69 Å². The molecule has 0 aliphatic heterocycles. The number of rotatable bonds is 7. The van der Waals surface area contributed by atoms with E-state index in [-0.39, 0.29) is 24.8 Å². The number of halogens is 4. The minimum atomic E-state index is -4.24. The smallest absolute Gasteiger partial charge is 0.294 e. The van der Waals surface area contributed by atoms with Gasteiger partial charge in [0, 0.05) is 18.0 Å². The average Bonchev–Trinajstić information content (AvgIpc) is 2.36. The van der Waals surface area contributed by atoms with Gasteiger partial charge in [-0.05, 0) is 51.1 Å². The summed E-state index contributed by atoms with van der Waals surface area (Å²) in [6, 6.07) is 4.91. The Bertz CT molecular complexity index is 454. The molecule has 2 nitrogen and oxygen atoms in total. The summed E-state index contributed by atoms with van der Waals surface area (Å²) in [6.45, 7) is 2.60. The largest absolute Gasteiger partial charge is 0.401 e. The number of hydrogen-bond donors (Lipinski definition) is 0. The molecule has 0 fully saturated rings. The molecule has 6 heteroatoms. The maximum Gasteiger partial charge on any atom is 0.401 e. The van der Waals surface area contributed by atoms with E-state index in [1.165, 1.54) is 29.2 Å². The van der Waals surface area contributed by atoms with Gasteiger partial charge < -0.3 is 0 Å². The topological polar surface area (TPSA) is 20.3 Å². The molecule has 0 N–H and O–H groups in total. The third-order valence-electron chi connectivity index (χ3n) is 3.13. The van der Waals surface area contributed by atoms with Crippen LogP contribution in [0.15, 0.2) is 24.3 Å². The third-order valence-corrected chi connectivity index (χ3v) is 3.13. The molecule has 0 aromatic heterocycles. The molecule has 0 radical (unpaired) electrons. The molecule has 0 bridgehead atoms. The van der Waals surface area contributed by atoms with Crippen molar-refractivity contribution in [3.63, 3.8) is 0 Å². The fraction of sp³-hybridized carbons (Fsp3) is 0.533. The van der Waals surface area contributed by atoms with Crippen molar-refractivity contribution in [3.8, 4) is 0 Å². The zero-order valence-electron chi connectivity index (χ0n) is 12.1. The lowest BCUT2D eigenvalue weighted by Crippen LogP contribution is -2.39. The first kappa shape index (κ1) is 17.6. The quantitative estimate of drug-likeness (QED) is 0.559. The molecule has 0 unspecified atom stereocenters. The van der Waals surface area contributed by atoms with Crippen molar-refractivity contribution in [3.05, 3.63) is 35.6 Å². The second-order valence-electron chi connectivity index (χ2n) is 5.21. The van der Waals surface area contributed by atoms with E-state index >= 15 is 0 Å². The van der Waals surface area contributed by atoms with E-state index in [1.807, 2.05) is 0 Å². The maximum absolute atomic E-state index is 12.7. The minimum Gasteiger partial charge on any atom is -0.294 e. The van der Waals surface area contributed by atoms with Gasteiger partial charge in [-0.15, -0.1) is 0 Å². The van der Waals surface area contributed by atoms with E-state index < -0.39 is 18.5 Å². The van der Waals surface area contributed by atoms with Crippen LogP contribution in [0.25, 0.3) is 0 Å². The average molecular weight is 305 g/mol. The molecule has 1 aromatic carbocycles. The van der Waals surface area contributed by atoms with Crippen LogP contribution in [0.1, 0.15) is 37.0 Å². The number of benzene rings is 1. The number of carbonyl (C=O) groups excluding carboxylic acids is 1. The lowest BCUT2D eigenvalue weighted by molar-refractivity contribution is -0.149. The molecule has 0 aliphatic rings. The highest BCUT2D eigenvalue weighted by Gasteiger charge is 2.31. The highest BCUT2D eigenvalue weighted by molar-refractivity contribution is 5.95. The number of carbonyl (C=O) groups is 1.